The molecule has 8 nitrogen and oxygen atoms in total. The minimum absolute atomic E-state index is 0.00138. The Labute approximate surface area is 207 Å². The lowest BCUT2D eigenvalue weighted by molar-refractivity contribution is -0.140. The number of pyridine rings is 2. The number of amides is 1. The van der Waals surface area contributed by atoms with E-state index in [0.717, 1.165) is 5.56 Å². The molecule has 4 aromatic rings. The summed E-state index contributed by atoms with van der Waals surface area (Å²) in [5.41, 5.74) is 2.92. The first-order chi connectivity index (χ1) is 17.5. The van der Waals surface area contributed by atoms with E-state index >= 15 is 0 Å². The molecule has 1 aliphatic rings. The highest BCUT2D eigenvalue weighted by atomic mass is 16.5. The fraction of sp³-hybridized carbons (Fsp3) is 0.143. The molecule has 1 aliphatic heterocycles. The fourth-order valence-electron chi connectivity index (χ4n) is 4.53. The van der Waals surface area contributed by atoms with Crippen molar-refractivity contribution in [2.75, 3.05) is 6.61 Å². The van der Waals surface area contributed by atoms with Crippen molar-refractivity contribution in [3.63, 3.8) is 0 Å². The van der Waals surface area contributed by atoms with Gasteiger partial charge in [0.1, 0.15) is 23.7 Å². The van der Waals surface area contributed by atoms with Crippen LogP contribution < -0.4 is 4.74 Å². The van der Waals surface area contributed by atoms with Gasteiger partial charge in [-0.1, -0.05) is 36.9 Å². The lowest BCUT2D eigenvalue weighted by Crippen LogP contribution is -2.29. The molecule has 8 heteroatoms. The number of aliphatic hydroxyl groups is 1. The van der Waals surface area contributed by atoms with Gasteiger partial charge < -0.3 is 14.7 Å². The molecular weight excluding hydrogens is 456 g/mol. The number of ketones is 1. The minimum atomic E-state index is -0.842. The van der Waals surface area contributed by atoms with E-state index in [4.69, 9.17) is 4.74 Å². The molecule has 1 atom stereocenters. The van der Waals surface area contributed by atoms with Gasteiger partial charge in [-0.25, -0.2) is 4.98 Å². The first-order valence-electron chi connectivity index (χ1n) is 11.4. The molecule has 1 amide bonds. The van der Waals surface area contributed by atoms with E-state index in [-0.39, 0.29) is 17.9 Å². The quantitative estimate of drug-likeness (QED) is 0.184. The van der Waals surface area contributed by atoms with E-state index in [9.17, 15) is 14.7 Å². The molecule has 5 rings (SSSR count). The maximum absolute atomic E-state index is 13.4. The molecule has 36 heavy (non-hydrogen) atoms. The molecule has 1 aromatic carbocycles. The number of carbonyl (C=O) groups excluding carboxylic acids is 2. The third kappa shape index (κ3) is 4.02. The van der Waals surface area contributed by atoms with Gasteiger partial charge in [-0.15, -0.1) is 0 Å². The molecule has 3 aromatic heterocycles. The van der Waals surface area contributed by atoms with Crippen molar-refractivity contribution < 1.29 is 19.4 Å². The maximum Gasteiger partial charge on any atom is 0.295 e. The van der Waals surface area contributed by atoms with Crippen LogP contribution in [-0.4, -0.2) is 42.7 Å². The average molecular weight is 481 g/mol. The second kappa shape index (κ2) is 9.50. The van der Waals surface area contributed by atoms with Crippen molar-refractivity contribution in [3.05, 3.63) is 114 Å². The Kier molecular flexibility index (Phi) is 6.08. The van der Waals surface area contributed by atoms with E-state index in [0.29, 0.717) is 35.0 Å². The molecule has 1 N–H and O–H groups in total. The van der Waals surface area contributed by atoms with Crippen LogP contribution in [0.15, 0.2) is 91.4 Å². The minimum Gasteiger partial charge on any atom is -0.505 e. The summed E-state index contributed by atoms with van der Waals surface area (Å²) in [7, 11) is 0. The number of nitrogens with zero attached hydrogens (tertiary/aromatic N) is 4. The summed E-state index contributed by atoms with van der Waals surface area (Å²) in [5.74, 6) is -1.18. The van der Waals surface area contributed by atoms with Crippen molar-refractivity contribution >= 4 is 23.1 Å². The van der Waals surface area contributed by atoms with Gasteiger partial charge in [0.05, 0.1) is 17.3 Å². The molecular formula is C28H24N4O4. The molecule has 0 radical (unpaired) electrons. The predicted molar refractivity (Wildman–Crippen MR) is 134 cm³/mol. The smallest absolute Gasteiger partial charge is 0.295 e. The zero-order valence-electron chi connectivity index (χ0n) is 19.7. The van der Waals surface area contributed by atoms with Crippen LogP contribution in [0.4, 0.5) is 0 Å². The van der Waals surface area contributed by atoms with E-state index in [2.05, 4.69) is 16.5 Å². The van der Waals surface area contributed by atoms with Crippen molar-refractivity contribution in [1.82, 2.24) is 19.3 Å². The molecule has 1 saturated heterocycles. The first kappa shape index (κ1) is 23.0. The van der Waals surface area contributed by atoms with Gasteiger partial charge in [0.2, 0.25) is 0 Å². The topological polar surface area (TPSA) is 97.0 Å². The highest BCUT2D eigenvalue weighted by Crippen LogP contribution is 2.41. The summed E-state index contributed by atoms with van der Waals surface area (Å²) < 4.78 is 7.41. The Bertz CT molecular complexity index is 1510. The molecule has 180 valence electrons. The number of benzene rings is 1. The lowest BCUT2D eigenvalue weighted by Gasteiger charge is -2.25. The summed E-state index contributed by atoms with van der Waals surface area (Å²) in [4.78, 5) is 36.8. The van der Waals surface area contributed by atoms with E-state index in [1.165, 1.54) is 4.90 Å². The van der Waals surface area contributed by atoms with Crippen LogP contribution in [0.3, 0.4) is 0 Å². The first-order valence-corrected chi connectivity index (χ1v) is 11.4. The SMILES string of the molecule is C=CCOc1cccc(C2C(=C(O)c3c(C)nc4ccccn34)C(=O)C(=O)N2Cc2cccnc2)c1. The number of aryl methyl sites for hydroxylation is 1. The Balaban J connectivity index is 1.70. The van der Waals surface area contributed by atoms with Crippen molar-refractivity contribution in [1.29, 1.82) is 0 Å². The Hall–Kier alpha value is -4.72. The Morgan fingerprint density at radius 1 is 1.17 bits per heavy atom. The van der Waals surface area contributed by atoms with E-state index in [1.807, 2.05) is 30.3 Å². The largest absolute Gasteiger partial charge is 0.505 e. The number of Topliss-reactive ketones (excluding diaryl/α,β-unsaturated/α-hetero) is 1. The van der Waals surface area contributed by atoms with Gasteiger partial charge in [0.25, 0.3) is 11.7 Å². The number of aromatic nitrogens is 3. The third-order valence-electron chi connectivity index (χ3n) is 6.09. The summed E-state index contributed by atoms with van der Waals surface area (Å²) in [6.07, 6.45) is 6.68. The van der Waals surface area contributed by atoms with Crippen LogP contribution in [-0.2, 0) is 16.1 Å². The second-order valence-corrected chi connectivity index (χ2v) is 8.44. The highest BCUT2D eigenvalue weighted by Gasteiger charge is 2.46. The maximum atomic E-state index is 13.4. The number of fused-ring (bicyclic) bond motifs is 1. The zero-order valence-corrected chi connectivity index (χ0v) is 19.7. The average Bonchev–Trinajstić information content (AvgIpc) is 3.36. The second-order valence-electron chi connectivity index (χ2n) is 8.44. The number of hydrogen-bond donors (Lipinski definition) is 1. The van der Waals surface area contributed by atoms with E-state index in [1.54, 1.807) is 60.3 Å². The van der Waals surface area contributed by atoms with Crippen molar-refractivity contribution in [3.8, 4) is 5.75 Å². The third-order valence-corrected chi connectivity index (χ3v) is 6.09. The molecule has 4 heterocycles. The summed E-state index contributed by atoms with van der Waals surface area (Å²) in [6.45, 7) is 5.88. The Morgan fingerprint density at radius 3 is 2.81 bits per heavy atom. The van der Waals surface area contributed by atoms with Crippen molar-refractivity contribution in [2.45, 2.75) is 19.5 Å². The van der Waals surface area contributed by atoms with Gasteiger partial charge >= 0.3 is 0 Å². The molecule has 1 unspecified atom stereocenters. The summed E-state index contributed by atoms with van der Waals surface area (Å²) in [5, 5.41) is 11.6. The monoisotopic (exact) mass is 480 g/mol. The molecule has 1 fully saturated rings. The number of likely N-dealkylation sites (tertiary alicyclic amines) is 1. The molecule has 0 aliphatic carbocycles. The van der Waals surface area contributed by atoms with Crippen LogP contribution in [0.25, 0.3) is 11.4 Å². The van der Waals surface area contributed by atoms with Crippen LogP contribution in [0.1, 0.15) is 28.6 Å². The number of carbonyl (C=O) groups is 2. The molecule has 0 spiro atoms. The number of aliphatic hydroxyl groups excluding tert-OH is 1. The zero-order chi connectivity index (χ0) is 25.2. The fourth-order valence-corrected chi connectivity index (χ4v) is 4.53. The van der Waals surface area contributed by atoms with Gasteiger partial charge in [0.15, 0.2) is 5.76 Å². The normalized spacial score (nSPS) is 17.0. The van der Waals surface area contributed by atoms with Gasteiger partial charge in [-0.3, -0.25) is 19.0 Å². The number of hydrogen-bond acceptors (Lipinski definition) is 6. The predicted octanol–water partition coefficient (Wildman–Crippen LogP) is 4.22. The number of ether oxygens (including phenoxy) is 1. The number of imidazole rings is 1. The van der Waals surface area contributed by atoms with Crippen LogP contribution in [0.2, 0.25) is 0 Å². The summed E-state index contributed by atoms with van der Waals surface area (Å²) >= 11 is 0. The van der Waals surface area contributed by atoms with Gasteiger partial charge in [0, 0.05) is 25.1 Å². The van der Waals surface area contributed by atoms with Crippen LogP contribution >= 0.6 is 0 Å². The van der Waals surface area contributed by atoms with Gasteiger partial charge in [-0.2, -0.15) is 0 Å². The van der Waals surface area contributed by atoms with Crippen LogP contribution in [0.5, 0.6) is 5.75 Å². The molecule has 0 saturated carbocycles. The standard InChI is InChI=1S/C28H24N4O4/c1-3-14-36-21-10-6-9-20(15-21)25-23(26(33)24-18(2)30-22-11-4-5-13-31(22)24)27(34)28(35)32(25)17-19-8-7-12-29-16-19/h3-13,15-16,25,33H,1,14,17H2,2H3. The molecule has 0 bridgehead atoms. The summed E-state index contributed by atoms with van der Waals surface area (Å²) in [6, 6.07) is 15.4. The lowest BCUT2D eigenvalue weighted by atomic mass is 9.96. The van der Waals surface area contributed by atoms with Crippen LogP contribution in [0, 0.1) is 6.92 Å². The van der Waals surface area contributed by atoms with Crippen molar-refractivity contribution in [2.24, 2.45) is 0 Å². The number of rotatable bonds is 7. The highest BCUT2D eigenvalue weighted by molar-refractivity contribution is 6.46. The Morgan fingerprint density at radius 2 is 2.03 bits per heavy atom. The van der Waals surface area contributed by atoms with Gasteiger partial charge in [-0.05, 0) is 48.4 Å². The van der Waals surface area contributed by atoms with E-state index < -0.39 is 17.7 Å².